The summed E-state index contributed by atoms with van der Waals surface area (Å²) in [6, 6.07) is 11.4. The molecule has 0 spiro atoms. The minimum atomic E-state index is -0.140. The molecule has 1 amide bonds. The lowest BCUT2D eigenvalue weighted by Crippen LogP contribution is -2.21. The highest BCUT2D eigenvalue weighted by atomic mass is 32.1. The van der Waals surface area contributed by atoms with Gasteiger partial charge in [0, 0.05) is 6.54 Å². The number of nitrogens with one attached hydrogen (secondary N) is 1. The van der Waals surface area contributed by atoms with Crippen LogP contribution in [0.15, 0.2) is 36.4 Å². The zero-order valence-corrected chi connectivity index (χ0v) is 11.7. The lowest BCUT2D eigenvalue weighted by molar-refractivity contribution is 0.0954. The summed E-state index contributed by atoms with van der Waals surface area (Å²) in [6.07, 6.45) is 0. The first kappa shape index (κ1) is 13.5. The molecule has 0 aliphatic rings. The van der Waals surface area contributed by atoms with Crippen LogP contribution in [0.4, 0.5) is 0 Å². The van der Waals surface area contributed by atoms with Crippen LogP contribution in [0.2, 0.25) is 0 Å². The van der Waals surface area contributed by atoms with Crippen molar-refractivity contribution >= 4 is 23.0 Å². The number of hydrogen-bond acceptors (Lipinski definition) is 3. The van der Waals surface area contributed by atoms with Crippen LogP contribution in [0, 0.1) is 6.92 Å². The summed E-state index contributed by atoms with van der Waals surface area (Å²) in [7, 11) is 0. The van der Waals surface area contributed by atoms with Gasteiger partial charge in [0.05, 0.1) is 9.75 Å². The molecule has 0 aliphatic heterocycles. The molecule has 1 aromatic carbocycles. The number of rotatable bonds is 4. The van der Waals surface area contributed by atoms with Crippen molar-refractivity contribution in [3.63, 3.8) is 0 Å². The molecule has 0 saturated heterocycles. The predicted octanol–water partition coefficient (Wildman–Crippen LogP) is 3.19. The van der Waals surface area contributed by atoms with Gasteiger partial charge in [-0.05, 0) is 31.5 Å². The van der Waals surface area contributed by atoms with Gasteiger partial charge in [0.1, 0.15) is 0 Å². The smallest absolute Gasteiger partial charge is 0.261 e. The molecule has 1 N–H and O–H groups in total. The summed E-state index contributed by atoms with van der Waals surface area (Å²) in [5.41, 5.74) is 2.23. The molecule has 0 aliphatic carbocycles. The maximum absolute atomic E-state index is 11.9. The fourth-order valence-corrected chi connectivity index (χ4v) is 2.56. The van der Waals surface area contributed by atoms with E-state index in [2.05, 4.69) is 5.32 Å². The third-order valence-corrected chi connectivity index (χ3v) is 3.90. The topological polar surface area (TPSA) is 46.2 Å². The van der Waals surface area contributed by atoms with E-state index in [-0.39, 0.29) is 11.7 Å². The first-order valence-corrected chi connectivity index (χ1v) is 6.82. The Balaban J connectivity index is 1.99. The van der Waals surface area contributed by atoms with Crippen LogP contribution in [0.25, 0.3) is 0 Å². The van der Waals surface area contributed by atoms with E-state index in [9.17, 15) is 9.59 Å². The van der Waals surface area contributed by atoms with E-state index in [1.807, 2.05) is 31.2 Å². The fraction of sp³-hybridized carbons (Fsp3) is 0.200. The van der Waals surface area contributed by atoms with E-state index in [1.165, 1.54) is 23.8 Å². The Hall–Kier alpha value is -1.94. The number of carbonyl (C=O) groups excluding carboxylic acids is 2. The van der Waals surface area contributed by atoms with Crippen LogP contribution in [-0.4, -0.2) is 11.7 Å². The van der Waals surface area contributed by atoms with Gasteiger partial charge >= 0.3 is 0 Å². The van der Waals surface area contributed by atoms with Crippen molar-refractivity contribution < 1.29 is 9.59 Å². The largest absolute Gasteiger partial charge is 0.347 e. The van der Waals surface area contributed by atoms with E-state index in [1.54, 1.807) is 12.1 Å². The van der Waals surface area contributed by atoms with Crippen molar-refractivity contribution in [3.8, 4) is 0 Å². The van der Waals surface area contributed by atoms with Crippen molar-refractivity contribution in [1.29, 1.82) is 0 Å². The number of thiophene rings is 1. The quantitative estimate of drug-likeness (QED) is 0.870. The Labute approximate surface area is 116 Å². The highest BCUT2D eigenvalue weighted by Crippen LogP contribution is 2.17. The highest BCUT2D eigenvalue weighted by molar-refractivity contribution is 7.15. The number of aryl methyl sites for hydroxylation is 1. The number of hydrogen-bond donors (Lipinski definition) is 1. The van der Waals surface area contributed by atoms with Gasteiger partial charge in [-0.15, -0.1) is 11.3 Å². The number of amides is 1. The minimum Gasteiger partial charge on any atom is -0.347 e. The van der Waals surface area contributed by atoms with Gasteiger partial charge in [-0.1, -0.05) is 29.8 Å². The van der Waals surface area contributed by atoms with Crippen molar-refractivity contribution in [2.45, 2.75) is 20.4 Å². The fourth-order valence-electron chi connectivity index (χ4n) is 1.74. The zero-order chi connectivity index (χ0) is 13.8. The molecule has 0 radical (unpaired) electrons. The third kappa shape index (κ3) is 3.51. The van der Waals surface area contributed by atoms with Crippen molar-refractivity contribution in [2.24, 2.45) is 0 Å². The van der Waals surface area contributed by atoms with Crippen LogP contribution in [0.3, 0.4) is 0 Å². The van der Waals surface area contributed by atoms with Crippen LogP contribution in [0.1, 0.15) is 37.4 Å². The molecule has 1 heterocycles. The average molecular weight is 273 g/mol. The van der Waals surface area contributed by atoms with Gasteiger partial charge < -0.3 is 5.32 Å². The van der Waals surface area contributed by atoms with Crippen LogP contribution in [0.5, 0.6) is 0 Å². The van der Waals surface area contributed by atoms with E-state index in [4.69, 9.17) is 0 Å². The molecule has 4 heteroatoms. The summed E-state index contributed by atoms with van der Waals surface area (Å²) in [5, 5.41) is 2.85. The minimum absolute atomic E-state index is 0.0114. The normalized spacial score (nSPS) is 10.2. The van der Waals surface area contributed by atoms with Crippen LogP contribution < -0.4 is 5.32 Å². The van der Waals surface area contributed by atoms with Crippen LogP contribution in [-0.2, 0) is 6.54 Å². The summed E-state index contributed by atoms with van der Waals surface area (Å²) < 4.78 is 0. The predicted molar refractivity (Wildman–Crippen MR) is 76.7 cm³/mol. The number of benzene rings is 1. The number of carbonyl (C=O) groups is 2. The SMILES string of the molecule is CC(=O)c1ccc(C(=O)NCc2cccc(C)c2)s1. The lowest BCUT2D eigenvalue weighted by atomic mass is 10.1. The van der Waals surface area contributed by atoms with Gasteiger partial charge in [-0.25, -0.2) is 0 Å². The molecule has 19 heavy (non-hydrogen) atoms. The summed E-state index contributed by atoms with van der Waals surface area (Å²) >= 11 is 1.23. The van der Waals surface area contributed by atoms with Crippen molar-refractivity contribution in [3.05, 3.63) is 57.3 Å². The maximum atomic E-state index is 11.9. The van der Waals surface area contributed by atoms with Crippen LogP contribution >= 0.6 is 11.3 Å². The molecule has 0 saturated carbocycles. The Bertz CT molecular complexity index is 616. The second kappa shape index (κ2) is 5.80. The molecule has 2 aromatic rings. The molecular formula is C15H15NO2S. The van der Waals surface area contributed by atoms with Crippen molar-refractivity contribution in [1.82, 2.24) is 5.32 Å². The standard InChI is InChI=1S/C15H15NO2S/c1-10-4-3-5-12(8-10)9-16-15(18)14-7-6-13(19-14)11(2)17/h3-8H,9H2,1-2H3,(H,16,18). The molecule has 2 rings (SSSR count). The lowest BCUT2D eigenvalue weighted by Gasteiger charge is -2.04. The second-order valence-electron chi connectivity index (χ2n) is 4.39. The summed E-state index contributed by atoms with van der Waals surface area (Å²) in [4.78, 5) is 24.3. The molecule has 0 atom stereocenters. The average Bonchev–Trinajstić information content (AvgIpc) is 2.86. The number of ketones is 1. The first-order valence-electron chi connectivity index (χ1n) is 6.01. The van der Waals surface area contributed by atoms with Crippen molar-refractivity contribution in [2.75, 3.05) is 0 Å². The highest BCUT2D eigenvalue weighted by Gasteiger charge is 2.10. The Morgan fingerprint density at radius 2 is 1.89 bits per heavy atom. The second-order valence-corrected chi connectivity index (χ2v) is 5.48. The molecule has 3 nitrogen and oxygen atoms in total. The molecule has 0 fully saturated rings. The maximum Gasteiger partial charge on any atom is 0.261 e. The molecule has 0 bridgehead atoms. The Kier molecular flexibility index (Phi) is 4.12. The van der Waals surface area contributed by atoms with Gasteiger partial charge in [-0.2, -0.15) is 0 Å². The Morgan fingerprint density at radius 3 is 2.53 bits per heavy atom. The van der Waals surface area contributed by atoms with Gasteiger partial charge in [0.15, 0.2) is 5.78 Å². The first-order chi connectivity index (χ1) is 9.06. The molecule has 1 aromatic heterocycles. The van der Waals surface area contributed by atoms with E-state index in [0.29, 0.717) is 16.3 Å². The summed E-state index contributed by atoms with van der Waals surface area (Å²) in [5.74, 6) is -0.151. The van der Waals surface area contributed by atoms with Gasteiger partial charge in [-0.3, -0.25) is 9.59 Å². The molecule has 98 valence electrons. The number of Topliss-reactive ketones (excluding diaryl/α,β-unsaturated/α-hetero) is 1. The molecular weight excluding hydrogens is 258 g/mol. The van der Waals surface area contributed by atoms with Gasteiger partial charge in [0.2, 0.25) is 0 Å². The van der Waals surface area contributed by atoms with E-state index >= 15 is 0 Å². The van der Waals surface area contributed by atoms with Gasteiger partial charge in [0.25, 0.3) is 5.91 Å². The summed E-state index contributed by atoms with van der Waals surface area (Å²) in [6.45, 7) is 4.01. The third-order valence-electron chi connectivity index (χ3n) is 2.71. The molecule has 0 unspecified atom stereocenters. The zero-order valence-electron chi connectivity index (χ0n) is 10.9. The van der Waals surface area contributed by atoms with E-state index < -0.39 is 0 Å². The van der Waals surface area contributed by atoms with E-state index in [0.717, 1.165) is 5.56 Å². The Morgan fingerprint density at radius 1 is 1.16 bits per heavy atom. The monoisotopic (exact) mass is 273 g/mol.